The van der Waals surface area contributed by atoms with Gasteiger partial charge in [-0.25, -0.2) is 0 Å². The molecule has 37 heavy (non-hydrogen) atoms. The second-order valence-corrected chi connectivity index (χ2v) is 12.5. The molecule has 0 bridgehead atoms. The highest BCUT2D eigenvalue weighted by atomic mass is 127. The second kappa shape index (κ2) is 11.4. The van der Waals surface area contributed by atoms with E-state index in [0.29, 0.717) is 0 Å². The Kier molecular flexibility index (Phi) is 8.48. The summed E-state index contributed by atoms with van der Waals surface area (Å²) in [5.41, 5.74) is 6.90. The molecule has 4 rings (SSSR count). The summed E-state index contributed by atoms with van der Waals surface area (Å²) in [5, 5.41) is 5.17. The second-order valence-electron chi connectivity index (χ2n) is 10.2. The molecule has 1 aliphatic rings. The van der Waals surface area contributed by atoms with Crippen LogP contribution in [0.1, 0.15) is 32.2 Å². The van der Waals surface area contributed by atoms with Crippen molar-refractivity contribution >= 4 is 51.3 Å². The maximum atomic E-state index is 13.4. The molecular formula is C29H32IN3O3S. The maximum absolute atomic E-state index is 13.4. The number of halogens is 1. The number of rotatable bonds is 8. The van der Waals surface area contributed by atoms with Crippen LogP contribution in [0.4, 0.5) is 0 Å². The fourth-order valence-electron chi connectivity index (χ4n) is 5.03. The van der Waals surface area contributed by atoms with Crippen molar-refractivity contribution in [1.82, 2.24) is 15.2 Å². The van der Waals surface area contributed by atoms with Crippen molar-refractivity contribution in [3.63, 3.8) is 0 Å². The number of likely N-dealkylation sites (N-methyl/N-ethyl adjacent to an activating group) is 1. The normalized spacial score (nSPS) is 14.6. The van der Waals surface area contributed by atoms with E-state index < -0.39 is 6.04 Å². The molecule has 3 aromatic rings. The highest BCUT2D eigenvalue weighted by Gasteiger charge is 2.36. The number of thioether (sulfide) groups is 1. The van der Waals surface area contributed by atoms with E-state index in [0.717, 1.165) is 50.7 Å². The SMILES string of the molecule is CNC(=O)C(CSC(=O)Cc1c(-c2ccc(I)cc2)c(-c2ccccc2)c2n1CC(C)(C)C2)NC(C)=O. The van der Waals surface area contributed by atoms with Crippen LogP contribution in [-0.4, -0.2) is 40.3 Å². The lowest BCUT2D eigenvalue weighted by molar-refractivity contribution is -0.127. The predicted octanol–water partition coefficient (Wildman–Crippen LogP) is 5.06. The number of carbonyl (C=O) groups is 3. The number of amides is 2. The van der Waals surface area contributed by atoms with Crippen LogP contribution in [0.5, 0.6) is 0 Å². The van der Waals surface area contributed by atoms with Crippen LogP contribution in [0.25, 0.3) is 22.3 Å². The molecule has 0 saturated carbocycles. The van der Waals surface area contributed by atoms with Crippen LogP contribution in [0.15, 0.2) is 54.6 Å². The zero-order valence-corrected chi connectivity index (χ0v) is 24.5. The topological polar surface area (TPSA) is 80.2 Å². The summed E-state index contributed by atoms with van der Waals surface area (Å²) in [6, 6.07) is 18.1. The van der Waals surface area contributed by atoms with Gasteiger partial charge in [-0.1, -0.05) is 68.1 Å². The van der Waals surface area contributed by atoms with Gasteiger partial charge in [-0.15, -0.1) is 0 Å². The monoisotopic (exact) mass is 629 g/mol. The van der Waals surface area contributed by atoms with Crippen molar-refractivity contribution in [3.05, 3.63) is 69.6 Å². The number of nitrogens with one attached hydrogen (secondary N) is 2. The lowest BCUT2D eigenvalue weighted by atomic mass is 9.86. The van der Waals surface area contributed by atoms with Crippen LogP contribution in [0.2, 0.25) is 0 Å². The molecule has 0 aliphatic carbocycles. The molecule has 1 aliphatic heterocycles. The highest BCUT2D eigenvalue weighted by molar-refractivity contribution is 14.1. The molecule has 1 aromatic heterocycles. The van der Waals surface area contributed by atoms with Gasteiger partial charge in [0.25, 0.3) is 0 Å². The summed E-state index contributed by atoms with van der Waals surface area (Å²) in [4.78, 5) is 37.1. The molecule has 2 aromatic carbocycles. The fraction of sp³-hybridized carbons (Fsp3) is 0.345. The van der Waals surface area contributed by atoms with E-state index in [9.17, 15) is 14.4 Å². The van der Waals surface area contributed by atoms with Crippen molar-refractivity contribution in [1.29, 1.82) is 0 Å². The minimum absolute atomic E-state index is 0.0318. The molecule has 6 nitrogen and oxygen atoms in total. The number of carbonyl (C=O) groups excluding carboxylic acids is 3. The van der Waals surface area contributed by atoms with Crippen molar-refractivity contribution in [2.24, 2.45) is 5.41 Å². The van der Waals surface area contributed by atoms with Gasteiger partial charge in [-0.2, -0.15) is 0 Å². The van der Waals surface area contributed by atoms with Crippen molar-refractivity contribution in [3.8, 4) is 22.3 Å². The summed E-state index contributed by atoms with van der Waals surface area (Å²) in [5.74, 6) is -0.435. The Bertz CT molecular complexity index is 1320. The number of benzene rings is 2. The lowest BCUT2D eigenvalue weighted by Crippen LogP contribution is -2.46. The Labute approximate surface area is 236 Å². The summed E-state index contributed by atoms with van der Waals surface area (Å²) in [6.45, 7) is 6.74. The third-order valence-electron chi connectivity index (χ3n) is 6.57. The predicted molar refractivity (Wildman–Crippen MR) is 158 cm³/mol. The number of fused-ring (bicyclic) bond motifs is 1. The first-order chi connectivity index (χ1) is 17.6. The van der Waals surface area contributed by atoms with E-state index in [2.05, 4.69) is 100 Å². The number of hydrogen-bond acceptors (Lipinski definition) is 4. The molecular weight excluding hydrogens is 597 g/mol. The van der Waals surface area contributed by atoms with Gasteiger partial charge < -0.3 is 15.2 Å². The first-order valence-corrected chi connectivity index (χ1v) is 14.4. The van der Waals surface area contributed by atoms with E-state index in [1.165, 1.54) is 25.2 Å². The third-order valence-corrected chi connectivity index (χ3v) is 8.25. The molecule has 2 amide bonds. The van der Waals surface area contributed by atoms with Crippen molar-refractivity contribution in [2.45, 2.75) is 46.2 Å². The van der Waals surface area contributed by atoms with Gasteiger partial charge in [0.2, 0.25) is 11.8 Å². The van der Waals surface area contributed by atoms with E-state index in [4.69, 9.17) is 0 Å². The molecule has 0 radical (unpaired) electrons. The number of nitrogens with zero attached hydrogens (tertiary/aromatic N) is 1. The van der Waals surface area contributed by atoms with Crippen LogP contribution in [-0.2, 0) is 33.8 Å². The number of hydrogen-bond donors (Lipinski definition) is 2. The van der Waals surface area contributed by atoms with E-state index in [-0.39, 0.29) is 34.5 Å². The molecule has 1 unspecified atom stereocenters. The molecule has 8 heteroatoms. The summed E-state index contributed by atoms with van der Waals surface area (Å²) in [7, 11) is 1.52. The molecule has 194 valence electrons. The zero-order chi connectivity index (χ0) is 26.7. The Morgan fingerprint density at radius 1 is 1.03 bits per heavy atom. The average Bonchev–Trinajstić information content (AvgIpc) is 3.32. The smallest absolute Gasteiger partial charge is 0.243 e. The van der Waals surface area contributed by atoms with E-state index in [1.807, 2.05) is 6.07 Å². The number of aromatic nitrogens is 1. The fourth-order valence-corrected chi connectivity index (χ4v) is 6.21. The minimum atomic E-state index is -0.760. The molecule has 2 heterocycles. The first kappa shape index (κ1) is 27.4. The van der Waals surface area contributed by atoms with Crippen molar-refractivity contribution < 1.29 is 14.4 Å². The van der Waals surface area contributed by atoms with Crippen LogP contribution in [0, 0.1) is 8.99 Å². The van der Waals surface area contributed by atoms with Crippen molar-refractivity contribution in [2.75, 3.05) is 12.8 Å². The molecule has 0 fully saturated rings. The molecule has 0 saturated heterocycles. The van der Waals surface area contributed by atoms with Gasteiger partial charge >= 0.3 is 0 Å². The Hall–Kier alpha value is -2.59. The Balaban J connectivity index is 1.75. The summed E-state index contributed by atoms with van der Waals surface area (Å²) >= 11 is 3.40. The largest absolute Gasteiger partial charge is 0.357 e. The van der Waals surface area contributed by atoms with Crippen LogP contribution in [0.3, 0.4) is 0 Å². The minimum Gasteiger partial charge on any atom is -0.357 e. The van der Waals surface area contributed by atoms with E-state index >= 15 is 0 Å². The van der Waals surface area contributed by atoms with Gasteiger partial charge in [-0.05, 0) is 57.7 Å². The Morgan fingerprint density at radius 2 is 1.68 bits per heavy atom. The van der Waals surface area contributed by atoms with Gasteiger partial charge in [0.1, 0.15) is 6.04 Å². The van der Waals surface area contributed by atoms with Gasteiger partial charge in [0.05, 0.1) is 6.42 Å². The molecule has 1 atom stereocenters. The highest BCUT2D eigenvalue weighted by Crippen LogP contribution is 2.47. The lowest BCUT2D eigenvalue weighted by Gasteiger charge is -2.19. The molecule has 0 spiro atoms. The maximum Gasteiger partial charge on any atom is 0.243 e. The summed E-state index contributed by atoms with van der Waals surface area (Å²) in [6.07, 6.45) is 1.17. The van der Waals surface area contributed by atoms with Gasteiger partial charge in [0.15, 0.2) is 5.12 Å². The van der Waals surface area contributed by atoms with Crippen LogP contribution < -0.4 is 10.6 Å². The molecule has 2 N–H and O–H groups in total. The summed E-state index contributed by atoms with van der Waals surface area (Å²) < 4.78 is 3.50. The quantitative estimate of drug-likeness (QED) is 0.342. The Morgan fingerprint density at radius 3 is 2.30 bits per heavy atom. The standard InChI is InChI=1S/C29H32IN3O3S/c1-18(34)32-22(28(36)31-4)16-37-25(35)14-23-26(20-10-12-21(30)13-11-20)27(19-8-6-5-7-9-19)24-15-29(2,3)17-33(23)24/h5-13,22H,14-17H2,1-4H3,(H,31,36)(H,32,34). The third kappa shape index (κ3) is 6.29. The first-order valence-electron chi connectivity index (χ1n) is 12.3. The van der Waals surface area contributed by atoms with E-state index in [1.54, 1.807) is 0 Å². The average molecular weight is 630 g/mol. The van der Waals surface area contributed by atoms with Gasteiger partial charge in [-0.3, -0.25) is 14.4 Å². The van der Waals surface area contributed by atoms with Crippen LogP contribution >= 0.6 is 34.4 Å². The zero-order valence-electron chi connectivity index (χ0n) is 21.6. The van der Waals surface area contributed by atoms with Gasteiger partial charge in [0, 0.05) is 52.4 Å².